The average Bonchev–Trinajstić information content (AvgIpc) is 2.33. The van der Waals surface area contributed by atoms with Gasteiger partial charge in [-0.1, -0.05) is 18.2 Å². The quantitative estimate of drug-likeness (QED) is 0.828. The Morgan fingerprint density at radius 3 is 2.18 bits per heavy atom. The summed E-state index contributed by atoms with van der Waals surface area (Å²) in [7, 11) is -2.39. The van der Waals surface area contributed by atoms with Crippen LogP contribution >= 0.6 is 0 Å². The molecule has 0 aliphatic heterocycles. The van der Waals surface area contributed by atoms with Crippen molar-refractivity contribution in [1.82, 2.24) is 0 Å². The molecule has 0 saturated heterocycles. The molecule has 2 rings (SSSR count). The number of hydrogen-bond donors (Lipinski definition) is 1. The van der Waals surface area contributed by atoms with Gasteiger partial charge in [-0.05, 0) is 36.4 Å². The van der Waals surface area contributed by atoms with Gasteiger partial charge in [-0.2, -0.15) is 4.36 Å². The van der Waals surface area contributed by atoms with Crippen LogP contribution in [0.15, 0.2) is 63.9 Å². The highest BCUT2D eigenvalue weighted by molar-refractivity contribution is 7.93. The topological polar surface area (TPSA) is 55.5 Å². The highest BCUT2D eigenvalue weighted by Gasteiger charge is 2.04. The van der Waals surface area contributed by atoms with Crippen LogP contribution in [0.2, 0.25) is 0 Å². The van der Waals surface area contributed by atoms with Crippen molar-refractivity contribution >= 4 is 21.1 Å². The second-order valence-electron chi connectivity index (χ2n) is 3.80. The number of nitrogens with two attached hydrogens (primary N) is 1. The molecule has 0 radical (unpaired) electrons. The molecule has 0 heterocycles. The summed E-state index contributed by atoms with van der Waals surface area (Å²) < 4.78 is 16.7. The molecule has 1 unspecified atom stereocenters. The maximum absolute atomic E-state index is 12.4. The molecule has 3 nitrogen and oxygen atoms in total. The van der Waals surface area contributed by atoms with Crippen molar-refractivity contribution in [1.29, 1.82) is 0 Å². The maximum Gasteiger partial charge on any atom is 0.0771 e. The molecule has 2 aromatic rings. The third-order valence-electron chi connectivity index (χ3n) is 2.35. The summed E-state index contributed by atoms with van der Waals surface area (Å²) in [5.41, 5.74) is 6.94. The minimum Gasteiger partial charge on any atom is -0.399 e. The normalized spacial score (nSPS) is 13.9. The SMILES string of the molecule is CS(=O)(=Nc1ccc(N)cc1)c1ccccc1. The van der Waals surface area contributed by atoms with E-state index in [1.807, 2.05) is 30.3 Å². The van der Waals surface area contributed by atoms with Crippen molar-refractivity contribution in [3.63, 3.8) is 0 Å². The first kappa shape index (κ1) is 11.7. The Labute approximate surface area is 101 Å². The Morgan fingerprint density at radius 2 is 1.59 bits per heavy atom. The molecule has 0 aliphatic rings. The lowest BCUT2D eigenvalue weighted by atomic mass is 10.3. The number of anilines is 1. The van der Waals surface area contributed by atoms with Gasteiger partial charge in [-0.3, -0.25) is 0 Å². The standard InChI is InChI=1S/C13H14N2OS/c1-17(16,13-5-3-2-4-6-13)15-12-9-7-11(14)8-10-12/h2-10H,14H2,1H3. The van der Waals surface area contributed by atoms with Gasteiger partial charge in [-0.15, -0.1) is 0 Å². The highest BCUT2D eigenvalue weighted by atomic mass is 32.2. The predicted octanol–water partition coefficient (Wildman–Crippen LogP) is 3.06. The van der Waals surface area contributed by atoms with E-state index in [4.69, 9.17) is 5.73 Å². The van der Waals surface area contributed by atoms with Crippen LogP contribution in [0.3, 0.4) is 0 Å². The summed E-state index contributed by atoms with van der Waals surface area (Å²) in [5.74, 6) is 0. The van der Waals surface area contributed by atoms with E-state index < -0.39 is 9.73 Å². The lowest BCUT2D eigenvalue weighted by molar-refractivity contribution is 0.681. The molecular weight excluding hydrogens is 232 g/mol. The zero-order chi connectivity index (χ0) is 12.3. The van der Waals surface area contributed by atoms with E-state index in [2.05, 4.69) is 4.36 Å². The fourth-order valence-electron chi connectivity index (χ4n) is 1.46. The molecule has 0 amide bonds. The Kier molecular flexibility index (Phi) is 3.15. The molecular formula is C13H14N2OS. The zero-order valence-electron chi connectivity index (χ0n) is 9.54. The number of nitrogens with zero attached hydrogens (tertiary/aromatic N) is 1. The number of benzene rings is 2. The highest BCUT2D eigenvalue weighted by Crippen LogP contribution is 2.20. The Balaban J connectivity index is 2.46. The summed E-state index contributed by atoms with van der Waals surface area (Å²) in [6, 6.07) is 16.3. The van der Waals surface area contributed by atoms with E-state index in [1.54, 1.807) is 30.5 Å². The molecule has 2 aromatic carbocycles. The second kappa shape index (κ2) is 4.59. The van der Waals surface area contributed by atoms with Gasteiger partial charge in [0, 0.05) is 16.8 Å². The molecule has 4 heteroatoms. The summed E-state index contributed by atoms with van der Waals surface area (Å²) in [6.45, 7) is 0. The van der Waals surface area contributed by atoms with Crippen molar-refractivity contribution in [2.45, 2.75) is 4.90 Å². The Hall–Kier alpha value is -1.81. The summed E-state index contributed by atoms with van der Waals surface area (Å²) in [5, 5.41) is 0. The van der Waals surface area contributed by atoms with Crippen LogP contribution in [0.4, 0.5) is 11.4 Å². The van der Waals surface area contributed by atoms with Gasteiger partial charge in [0.1, 0.15) is 0 Å². The van der Waals surface area contributed by atoms with Crippen molar-refractivity contribution in [2.75, 3.05) is 12.0 Å². The average molecular weight is 246 g/mol. The predicted molar refractivity (Wildman–Crippen MR) is 71.7 cm³/mol. The van der Waals surface area contributed by atoms with Gasteiger partial charge >= 0.3 is 0 Å². The van der Waals surface area contributed by atoms with E-state index >= 15 is 0 Å². The molecule has 0 bridgehead atoms. The maximum atomic E-state index is 12.4. The monoisotopic (exact) mass is 246 g/mol. The minimum absolute atomic E-state index is 0.672. The Bertz CT molecular complexity index is 612. The van der Waals surface area contributed by atoms with Crippen LogP contribution in [0.5, 0.6) is 0 Å². The van der Waals surface area contributed by atoms with E-state index in [9.17, 15) is 4.21 Å². The largest absolute Gasteiger partial charge is 0.399 e. The zero-order valence-corrected chi connectivity index (χ0v) is 10.4. The van der Waals surface area contributed by atoms with E-state index in [0.717, 1.165) is 4.90 Å². The minimum atomic E-state index is -2.39. The molecule has 1 atom stereocenters. The van der Waals surface area contributed by atoms with Gasteiger partial charge in [0.15, 0.2) is 0 Å². The first-order chi connectivity index (χ1) is 8.08. The van der Waals surface area contributed by atoms with Gasteiger partial charge in [-0.25, -0.2) is 4.21 Å². The van der Waals surface area contributed by atoms with Crippen LogP contribution < -0.4 is 5.73 Å². The van der Waals surface area contributed by atoms with E-state index in [1.165, 1.54) is 0 Å². The van der Waals surface area contributed by atoms with Crippen LogP contribution in [0.1, 0.15) is 0 Å². The summed E-state index contributed by atoms with van der Waals surface area (Å²) in [4.78, 5) is 0.733. The van der Waals surface area contributed by atoms with Gasteiger partial charge in [0.05, 0.1) is 15.4 Å². The van der Waals surface area contributed by atoms with Crippen molar-refractivity contribution in [3.8, 4) is 0 Å². The van der Waals surface area contributed by atoms with Gasteiger partial charge in [0.2, 0.25) is 0 Å². The molecule has 17 heavy (non-hydrogen) atoms. The van der Waals surface area contributed by atoms with Crippen LogP contribution in [-0.2, 0) is 9.73 Å². The fourth-order valence-corrected chi connectivity index (χ4v) is 2.75. The van der Waals surface area contributed by atoms with Crippen LogP contribution in [0, 0.1) is 0 Å². The van der Waals surface area contributed by atoms with E-state index in [-0.39, 0.29) is 0 Å². The lowest BCUT2D eigenvalue weighted by Crippen LogP contribution is -1.96. The summed E-state index contributed by atoms with van der Waals surface area (Å²) >= 11 is 0. The molecule has 0 spiro atoms. The molecule has 0 aliphatic carbocycles. The number of hydrogen-bond acceptors (Lipinski definition) is 3. The lowest BCUT2D eigenvalue weighted by Gasteiger charge is -2.04. The van der Waals surface area contributed by atoms with Crippen molar-refractivity contribution < 1.29 is 4.21 Å². The third kappa shape index (κ3) is 2.85. The molecule has 2 N–H and O–H groups in total. The fraction of sp³-hybridized carbons (Fsp3) is 0.0769. The van der Waals surface area contributed by atoms with Gasteiger partial charge in [0.25, 0.3) is 0 Å². The van der Waals surface area contributed by atoms with Gasteiger partial charge < -0.3 is 5.73 Å². The summed E-state index contributed by atoms with van der Waals surface area (Å²) in [6.07, 6.45) is 1.64. The Morgan fingerprint density at radius 1 is 1.00 bits per heavy atom. The molecule has 0 saturated carbocycles. The van der Waals surface area contributed by atoms with Crippen LogP contribution in [0.25, 0.3) is 0 Å². The second-order valence-corrected chi connectivity index (χ2v) is 6.06. The van der Waals surface area contributed by atoms with Crippen molar-refractivity contribution in [2.24, 2.45) is 4.36 Å². The third-order valence-corrected chi connectivity index (χ3v) is 4.06. The first-order valence-corrected chi connectivity index (χ1v) is 7.13. The van der Waals surface area contributed by atoms with Crippen molar-refractivity contribution in [3.05, 3.63) is 54.6 Å². The molecule has 88 valence electrons. The molecule has 0 fully saturated rings. The molecule has 0 aromatic heterocycles. The van der Waals surface area contributed by atoms with E-state index in [0.29, 0.717) is 11.4 Å². The number of rotatable bonds is 2. The number of nitrogen functional groups attached to an aromatic ring is 1. The smallest absolute Gasteiger partial charge is 0.0771 e. The first-order valence-electron chi connectivity index (χ1n) is 5.21. The van der Waals surface area contributed by atoms with Crippen LogP contribution in [-0.4, -0.2) is 10.5 Å².